The Bertz CT molecular complexity index is 521. The second-order valence-electron chi connectivity index (χ2n) is 5.49. The molecule has 1 N–H and O–H groups in total. The van der Waals surface area contributed by atoms with E-state index in [4.69, 9.17) is 16.3 Å². The van der Waals surface area contributed by atoms with E-state index in [9.17, 15) is 4.79 Å². The van der Waals surface area contributed by atoms with Gasteiger partial charge in [-0.1, -0.05) is 11.6 Å². The fourth-order valence-electron chi connectivity index (χ4n) is 3.24. The molecule has 0 bridgehead atoms. The van der Waals surface area contributed by atoms with Crippen molar-refractivity contribution in [2.45, 2.75) is 18.9 Å². The highest BCUT2D eigenvalue weighted by Gasteiger charge is 2.35. The third-order valence-corrected chi connectivity index (χ3v) is 4.57. The maximum atomic E-state index is 12.7. The summed E-state index contributed by atoms with van der Waals surface area (Å²) in [5.74, 6) is 1.18. The van der Waals surface area contributed by atoms with Crippen LogP contribution < -0.4 is 10.1 Å². The molecular weight excluding hydrogens is 276 g/mol. The lowest BCUT2D eigenvalue weighted by Crippen LogP contribution is -2.46. The van der Waals surface area contributed by atoms with Crippen molar-refractivity contribution >= 4 is 17.5 Å². The highest BCUT2D eigenvalue weighted by atomic mass is 35.5. The fourth-order valence-corrected chi connectivity index (χ4v) is 3.41. The lowest BCUT2D eigenvalue weighted by Gasteiger charge is -2.35. The van der Waals surface area contributed by atoms with Crippen LogP contribution in [-0.4, -0.2) is 43.6 Å². The van der Waals surface area contributed by atoms with E-state index in [0.717, 1.165) is 32.5 Å². The second-order valence-corrected chi connectivity index (χ2v) is 5.93. The molecule has 0 aliphatic carbocycles. The van der Waals surface area contributed by atoms with Crippen LogP contribution in [0.2, 0.25) is 5.02 Å². The van der Waals surface area contributed by atoms with Crippen LogP contribution in [0.5, 0.6) is 5.75 Å². The van der Waals surface area contributed by atoms with Crippen molar-refractivity contribution in [3.05, 3.63) is 28.8 Å². The molecule has 2 unspecified atom stereocenters. The molecule has 0 spiro atoms. The van der Waals surface area contributed by atoms with E-state index >= 15 is 0 Å². The minimum absolute atomic E-state index is 0.0452. The summed E-state index contributed by atoms with van der Waals surface area (Å²) in [6.45, 7) is 2.71. The Labute approximate surface area is 124 Å². The topological polar surface area (TPSA) is 41.6 Å². The standard InChI is InChI=1S/C15H19ClN2O2/c1-20-14-8-11(16)2-3-12(14)15(19)18-7-5-13-10(9-18)4-6-17-13/h2-3,8,10,13,17H,4-7,9H2,1H3. The Morgan fingerprint density at radius 1 is 1.45 bits per heavy atom. The number of carbonyl (C=O) groups is 1. The normalized spacial score (nSPS) is 25.4. The first-order chi connectivity index (χ1) is 9.69. The summed E-state index contributed by atoms with van der Waals surface area (Å²) in [6.07, 6.45) is 2.19. The van der Waals surface area contributed by atoms with E-state index < -0.39 is 0 Å². The number of hydrogen-bond acceptors (Lipinski definition) is 3. The van der Waals surface area contributed by atoms with Crippen LogP contribution in [0.4, 0.5) is 0 Å². The third-order valence-electron chi connectivity index (χ3n) is 4.34. The van der Waals surface area contributed by atoms with Gasteiger partial charge < -0.3 is 15.0 Å². The SMILES string of the molecule is COc1cc(Cl)ccc1C(=O)N1CCC2NCCC2C1. The number of hydrogen-bond donors (Lipinski definition) is 1. The van der Waals surface area contributed by atoms with Gasteiger partial charge in [0.15, 0.2) is 0 Å². The molecule has 0 radical (unpaired) electrons. The molecule has 20 heavy (non-hydrogen) atoms. The minimum Gasteiger partial charge on any atom is -0.496 e. The number of nitrogens with one attached hydrogen (secondary N) is 1. The van der Waals surface area contributed by atoms with Gasteiger partial charge in [-0.05, 0) is 43.5 Å². The summed E-state index contributed by atoms with van der Waals surface area (Å²) in [5, 5.41) is 4.09. The molecule has 1 aromatic rings. The molecule has 2 atom stereocenters. The van der Waals surface area contributed by atoms with Gasteiger partial charge in [-0.15, -0.1) is 0 Å². The van der Waals surface area contributed by atoms with Crippen LogP contribution in [0, 0.1) is 5.92 Å². The number of nitrogens with zero attached hydrogens (tertiary/aromatic N) is 1. The summed E-state index contributed by atoms with van der Waals surface area (Å²) in [5.41, 5.74) is 0.598. The molecule has 1 amide bonds. The molecule has 2 heterocycles. The molecular formula is C15H19ClN2O2. The van der Waals surface area contributed by atoms with Gasteiger partial charge in [-0.2, -0.15) is 0 Å². The molecule has 2 aliphatic heterocycles. The largest absolute Gasteiger partial charge is 0.496 e. The zero-order valence-corrected chi connectivity index (χ0v) is 12.3. The maximum absolute atomic E-state index is 12.7. The number of carbonyl (C=O) groups excluding carboxylic acids is 1. The average Bonchev–Trinajstić information content (AvgIpc) is 2.93. The van der Waals surface area contributed by atoms with Crippen molar-refractivity contribution in [1.82, 2.24) is 10.2 Å². The average molecular weight is 295 g/mol. The summed E-state index contributed by atoms with van der Waals surface area (Å²) in [6, 6.07) is 5.77. The highest BCUT2D eigenvalue weighted by Crippen LogP contribution is 2.29. The number of amides is 1. The van der Waals surface area contributed by atoms with Crippen LogP contribution in [0.1, 0.15) is 23.2 Å². The van der Waals surface area contributed by atoms with Crippen molar-refractivity contribution in [2.75, 3.05) is 26.7 Å². The molecule has 2 saturated heterocycles. The summed E-state index contributed by atoms with van der Waals surface area (Å²) in [4.78, 5) is 14.6. The molecule has 5 heteroatoms. The fraction of sp³-hybridized carbons (Fsp3) is 0.533. The highest BCUT2D eigenvalue weighted by molar-refractivity contribution is 6.30. The van der Waals surface area contributed by atoms with E-state index in [1.165, 1.54) is 0 Å². The Morgan fingerprint density at radius 2 is 2.30 bits per heavy atom. The molecule has 1 aromatic carbocycles. The number of likely N-dealkylation sites (tertiary alicyclic amines) is 1. The van der Waals surface area contributed by atoms with Gasteiger partial charge in [0.05, 0.1) is 12.7 Å². The van der Waals surface area contributed by atoms with Crippen molar-refractivity contribution in [2.24, 2.45) is 5.92 Å². The summed E-state index contributed by atoms with van der Waals surface area (Å²) in [7, 11) is 1.57. The van der Waals surface area contributed by atoms with Crippen molar-refractivity contribution < 1.29 is 9.53 Å². The Kier molecular flexibility index (Phi) is 3.85. The molecule has 0 aromatic heterocycles. The Hall–Kier alpha value is -1.26. The lowest BCUT2D eigenvalue weighted by atomic mass is 9.93. The first-order valence-corrected chi connectivity index (χ1v) is 7.43. The van der Waals surface area contributed by atoms with E-state index in [1.807, 2.05) is 4.90 Å². The number of rotatable bonds is 2. The number of methoxy groups -OCH3 is 1. The van der Waals surface area contributed by atoms with Gasteiger partial charge >= 0.3 is 0 Å². The van der Waals surface area contributed by atoms with E-state index in [2.05, 4.69) is 5.32 Å². The Morgan fingerprint density at radius 3 is 3.10 bits per heavy atom. The van der Waals surface area contributed by atoms with E-state index in [-0.39, 0.29) is 5.91 Å². The smallest absolute Gasteiger partial charge is 0.257 e. The second kappa shape index (κ2) is 5.62. The quantitative estimate of drug-likeness (QED) is 0.909. The molecule has 2 aliphatic rings. The van der Waals surface area contributed by atoms with Gasteiger partial charge in [0, 0.05) is 24.2 Å². The maximum Gasteiger partial charge on any atom is 0.257 e. The zero-order valence-electron chi connectivity index (χ0n) is 11.6. The van der Waals surface area contributed by atoms with E-state index in [0.29, 0.717) is 28.3 Å². The summed E-state index contributed by atoms with van der Waals surface area (Å²) >= 11 is 5.95. The van der Waals surface area contributed by atoms with Crippen molar-refractivity contribution in [1.29, 1.82) is 0 Å². The first kappa shape index (κ1) is 13.7. The predicted octanol–water partition coefficient (Wildman–Crippen LogP) is 2.17. The molecule has 3 rings (SSSR count). The summed E-state index contributed by atoms with van der Waals surface area (Å²) < 4.78 is 5.28. The molecule has 0 saturated carbocycles. The van der Waals surface area contributed by atoms with Crippen LogP contribution in [0.3, 0.4) is 0 Å². The van der Waals surface area contributed by atoms with Crippen molar-refractivity contribution in [3.63, 3.8) is 0 Å². The number of halogens is 1. The van der Waals surface area contributed by atoms with Crippen LogP contribution in [0.25, 0.3) is 0 Å². The van der Waals surface area contributed by atoms with Gasteiger partial charge in [0.1, 0.15) is 5.75 Å². The van der Waals surface area contributed by atoms with Crippen molar-refractivity contribution in [3.8, 4) is 5.75 Å². The predicted molar refractivity (Wildman–Crippen MR) is 78.4 cm³/mol. The van der Waals surface area contributed by atoms with Gasteiger partial charge in [0.2, 0.25) is 0 Å². The van der Waals surface area contributed by atoms with Crippen LogP contribution >= 0.6 is 11.6 Å². The molecule has 4 nitrogen and oxygen atoms in total. The monoisotopic (exact) mass is 294 g/mol. The Balaban J connectivity index is 1.79. The molecule has 2 fully saturated rings. The minimum atomic E-state index is 0.0452. The van der Waals surface area contributed by atoms with Gasteiger partial charge in [0.25, 0.3) is 5.91 Å². The molecule has 108 valence electrons. The number of fused-ring (bicyclic) bond motifs is 1. The van der Waals surface area contributed by atoms with Gasteiger partial charge in [-0.3, -0.25) is 4.79 Å². The van der Waals surface area contributed by atoms with Crippen LogP contribution in [0.15, 0.2) is 18.2 Å². The zero-order chi connectivity index (χ0) is 14.1. The number of ether oxygens (including phenoxy) is 1. The van der Waals surface area contributed by atoms with Crippen LogP contribution in [-0.2, 0) is 0 Å². The third kappa shape index (κ3) is 2.50. The number of benzene rings is 1. The van der Waals surface area contributed by atoms with Gasteiger partial charge in [-0.25, -0.2) is 0 Å². The lowest BCUT2D eigenvalue weighted by molar-refractivity contribution is 0.0658. The first-order valence-electron chi connectivity index (χ1n) is 7.05. The number of piperidine rings is 1. The van der Waals surface area contributed by atoms with E-state index in [1.54, 1.807) is 25.3 Å².